The van der Waals surface area contributed by atoms with Gasteiger partial charge in [-0.2, -0.15) is 0 Å². The third kappa shape index (κ3) is 9.23. The monoisotopic (exact) mass is 416 g/mol. The maximum atomic E-state index is 12.7. The molecule has 0 spiro atoms. The summed E-state index contributed by atoms with van der Waals surface area (Å²) in [6, 6.07) is -4.22. The normalized spacial score (nSPS) is 17.4. The van der Waals surface area contributed by atoms with Crippen molar-refractivity contribution in [2.75, 3.05) is 0 Å². The van der Waals surface area contributed by atoms with Gasteiger partial charge < -0.3 is 31.9 Å². The molecule has 0 aliphatic rings. The fourth-order valence-corrected chi connectivity index (χ4v) is 2.61. The fourth-order valence-electron chi connectivity index (χ4n) is 2.61. The van der Waals surface area contributed by atoms with Crippen LogP contribution in [0.25, 0.3) is 0 Å². The summed E-state index contributed by atoms with van der Waals surface area (Å²) in [4.78, 5) is 48.3. The maximum Gasteiger partial charge on any atom is 0.328 e. The van der Waals surface area contributed by atoms with Gasteiger partial charge in [-0.05, 0) is 32.1 Å². The number of carboxylic acids is 1. The second-order valence-electron chi connectivity index (χ2n) is 7.90. The summed E-state index contributed by atoms with van der Waals surface area (Å²) >= 11 is 0. The SMILES string of the molecule is CCC(C)C(NC(=O)C(N)CC(C)C)C(=O)NC(C)C(=O)NC(C(=O)O)C(C)O. The van der Waals surface area contributed by atoms with Gasteiger partial charge in [-0.3, -0.25) is 14.4 Å². The van der Waals surface area contributed by atoms with Gasteiger partial charge in [-0.25, -0.2) is 4.79 Å². The zero-order valence-electron chi connectivity index (χ0n) is 18.1. The molecule has 0 bridgehead atoms. The van der Waals surface area contributed by atoms with Crippen LogP contribution < -0.4 is 21.7 Å². The van der Waals surface area contributed by atoms with E-state index in [4.69, 9.17) is 10.8 Å². The third-order valence-electron chi connectivity index (χ3n) is 4.65. The summed E-state index contributed by atoms with van der Waals surface area (Å²) in [6.07, 6.45) is -0.245. The van der Waals surface area contributed by atoms with Gasteiger partial charge in [0.25, 0.3) is 0 Å². The summed E-state index contributed by atoms with van der Waals surface area (Å²) in [6.45, 7) is 10.1. The highest BCUT2D eigenvalue weighted by Crippen LogP contribution is 2.10. The van der Waals surface area contributed by atoms with E-state index in [0.29, 0.717) is 12.8 Å². The molecule has 10 heteroatoms. The van der Waals surface area contributed by atoms with Crippen LogP contribution in [-0.4, -0.2) is 64.2 Å². The minimum atomic E-state index is -1.50. The highest BCUT2D eigenvalue weighted by atomic mass is 16.4. The van der Waals surface area contributed by atoms with Crippen LogP contribution in [0.5, 0.6) is 0 Å². The number of aliphatic carboxylic acids is 1. The number of carboxylic acid groups (broad SMARTS) is 1. The molecule has 0 aromatic carbocycles. The molecule has 0 fully saturated rings. The minimum absolute atomic E-state index is 0.214. The Morgan fingerprint density at radius 1 is 0.862 bits per heavy atom. The summed E-state index contributed by atoms with van der Waals surface area (Å²) < 4.78 is 0. The molecule has 0 aromatic heterocycles. The highest BCUT2D eigenvalue weighted by Gasteiger charge is 2.31. The number of carbonyl (C=O) groups excluding carboxylic acids is 3. The standard InChI is InChI=1S/C19H36N4O6/c1-7-10(4)14(22-17(26)13(20)8-9(2)3)18(27)21-11(5)16(25)23-15(12(6)24)19(28)29/h9-15,24H,7-8,20H2,1-6H3,(H,21,27)(H,22,26)(H,23,25)(H,28,29). The van der Waals surface area contributed by atoms with Gasteiger partial charge in [0, 0.05) is 0 Å². The molecule has 168 valence electrons. The summed E-state index contributed by atoms with van der Waals surface area (Å²) in [5.41, 5.74) is 5.88. The number of aliphatic hydroxyl groups is 1. The number of nitrogens with two attached hydrogens (primary N) is 1. The zero-order chi connectivity index (χ0) is 22.9. The first-order chi connectivity index (χ1) is 13.3. The molecule has 29 heavy (non-hydrogen) atoms. The van der Waals surface area contributed by atoms with E-state index in [-0.39, 0.29) is 11.8 Å². The number of carbonyl (C=O) groups is 4. The van der Waals surface area contributed by atoms with E-state index in [9.17, 15) is 24.3 Å². The van der Waals surface area contributed by atoms with Crippen LogP contribution >= 0.6 is 0 Å². The van der Waals surface area contributed by atoms with Gasteiger partial charge in [0.15, 0.2) is 6.04 Å². The van der Waals surface area contributed by atoms with Crippen LogP contribution in [0.1, 0.15) is 54.4 Å². The Labute approximate surface area is 172 Å². The Kier molecular flexibility index (Phi) is 11.4. The average molecular weight is 417 g/mol. The van der Waals surface area contributed by atoms with Crippen molar-refractivity contribution in [2.45, 2.75) is 84.7 Å². The molecule has 6 unspecified atom stereocenters. The molecular formula is C19H36N4O6. The minimum Gasteiger partial charge on any atom is -0.480 e. The molecule has 0 aliphatic carbocycles. The fraction of sp³-hybridized carbons (Fsp3) is 0.789. The van der Waals surface area contributed by atoms with E-state index in [1.807, 2.05) is 20.8 Å². The smallest absolute Gasteiger partial charge is 0.328 e. The number of hydrogen-bond donors (Lipinski definition) is 6. The summed E-state index contributed by atoms with van der Waals surface area (Å²) in [5, 5.41) is 25.8. The van der Waals surface area contributed by atoms with Crippen molar-refractivity contribution >= 4 is 23.7 Å². The molecule has 0 aliphatic heterocycles. The topological polar surface area (TPSA) is 171 Å². The van der Waals surface area contributed by atoms with E-state index in [2.05, 4.69) is 16.0 Å². The van der Waals surface area contributed by atoms with Crippen molar-refractivity contribution in [2.24, 2.45) is 17.6 Å². The summed E-state index contributed by atoms with van der Waals surface area (Å²) in [7, 11) is 0. The van der Waals surface area contributed by atoms with Gasteiger partial charge in [0.2, 0.25) is 17.7 Å². The van der Waals surface area contributed by atoms with Crippen LogP contribution in [0.2, 0.25) is 0 Å². The van der Waals surface area contributed by atoms with E-state index >= 15 is 0 Å². The molecule has 0 saturated carbocycles. The van der Waals surface area contributed by atoms with E-state index < -0.39 is 54.0 Å². The Morgan fingerprint density at radius 3 is 1.79 bits per heavy atom. The van der Waals surface area contributed by atoms with Crippen LogP contribution in [0.4, 0.5) is 0 Å². The van der Waals surface area contributed by atoms with Crippen LogP contribution in [0.15, 0.2) is 0 Å². The lowest BCUT2D eigenvalue weighted by molar-refractivity contribution is -0.145. The maximum absolute atomic E-state index is 12.7. The molecular weight excluding hydrogens is 380 g/mol. The van der Waals surface area contributed by atoms with Crippen LogP contribution in [-0.2, 0) is 19.2 Å². The number of amides is 3. The first-order valence-corrected chi connectivity index (χ1v) is 9.89. The van der Waals surface area contributed by atoms with Crippen molar-refractivity contribution in [1.29, 1.82) is 0 Å². The lowest BCUT2D eigenvalue weighted by Crippen LogP contribution is -2.58. The molecule has 6 atom stereocenters. The molecule has 0 heterocycles. The Balaban J connectivity index is 5.11. The molecule has 0 aromatic rings. The first kappa shape index (κ1) is 26.8. The van der Waals surface area contributed by atoms with Crippen molar-refractivity contribution < 1.29 is 29.4 Å². The van der Waals surface area contributed by atoms with Gasteiger partial charge in [0.05, 0.1) is 12.1 Å². The molecule has 0 saturated heterocycles. The largest absolute Gasteiger partial charge is 0.480 e. The molecule has 3 amide bonds. The van der Waals surface area contributed by atoms with Crippen LogP contribution in [0, 0.1) is 11.8 Å². The predicted octanol–water partition coefficient (Wildman–Crippen LogP) is -0.654. The third-order valence-corrected chi connectivity index (χ3v) is 4.65. The predicted molar refractivity (Wildman–Crippen MR) is 108 cm³/mol. The Hall–Kier alpha value is -2.20. The van der Waals surface area contributed by atoms with Crippen molar-refractivity contribution in [1.82, 2.24) is 16.0 Å². The average Bonchev–Trinajstić information content (AvgIpc) is 2.61. The number of nitrogens with one attached hydrogen (secondary N) is 3. The zero-order valence-corrected chi connectivity index (χ0v) is 18.1. The van der Waals surface area contributed by atoms with E-state index in [1.165, 1.54) is 13.8 Å². The van der Waals surface area contributed by atoms with Crippen LogP contribution in [0.3, 0.4) is 0 Å². The van der Waals surface area contributed by atoms with E-state index in [1.54, 1.807) is 6.92 Å². The van der Waals surface area contributed by atoms with Crippen molar-refractivity contribution in [3.63, 3.8) is 0 Å². The molecule has 7 N–H and O–H groups in total. The number of aliphatic hydroxyl groups excluding tert-OH is 1. The highest BCUT2D eigenvalue weighted by molar-refractivity contribution is 5.94. The summed E-state index contributed by atoms with van der Waals surface area (Å²) in [5.74, 6) is -3.18. The molecule has 0 rings (SSSR count). The van der Waals surface area contributed by atoms with Gasteiger partial charge in [-0.1, -0.05) is 34.1 Å². The van der Waals surface area contributed by atoms with E-state index in [0.717, 1.165) is 0 Å². The second-order valence-corrected chi connectivity index (χ2v) is 7.90. The second kappa shape index (κ2) is 12.4. The van der Waals surface area contributed by atoms with Gasteiger partial charge in [-0.15, -0.1) is 0 Å². The van der Waals surface area contributed by atoms with Crippen molar-refractivity contribution in [3.05, 3.63) is 0 Å². The quantitative estimate of drug-likeness (QED) is 0.245. The Morgan fingerprint density at radius 2 is 1.38 bits per heavy atom. The lowest BCUT2D eigenvalue weighted by Gasteiger charge is -2.27. The molecule has 0 radical (unpaired) electrons. The van der Waals surface area contributed by atoms with Gasteiger partial charge >= 0.3 is 5.97 Å². The number of rotatable bonds is 12. The first-order valence-electron chi connectivity index (χ1n) is 9.89. The van der Waals surface area contributed by atoms with Gasteiger partial charge in [0.1, 0.15) is 12.1 Å². The number of hydrogen-bond acceptors (Lipinski definition) is 6. The van der Waals surface area contributed by atoms with Crippen molar-refractivity contribution in [3.8, 4) is 0 Å². The Bertz CT molecular complexity index is 581. The molecule has 10 nitrogen and oxygen atoms in total. The lowest BCUT2D eigenvalue weighted by atomic mass is 9.96.